The molecule has 0 radical (unpaired) electrons. The number of carboxylic acid groups (broad SMARTS) is 1. The van der Waals surface area contributed by atoms with Gasteiger partial charge in [0.15, 0.2) is 6.04 Å². The van der Waals surface area contributed by atoms with Crippen molar-refractivity contribution in [1.29, 1.82) is 0 Å². The van der Waals surface area contributed by atoms with Gasteiger partial charge < -0.3 is 85.1 Å². The zero-order valence-corrected chi connectivity index (χ0v) is 42.2. The molecule has 0 unspecified atom stereocenters. The molecule has 0 saturated carbocycles. The molecule has 0 aromatic carbocycles. The van der Waals surface area contributed by atoms with Crippen LogP contribution in [0.3, 0.4) is 0 Å². The first-order valence-corrected chi connectivity index (χ1v) is 23.8. The monoisotopic (exact) mass is 1020 g/mol. The van der Waals surface area contributed by atoms with Crippen molar-refractivity contribution in [3.8, 4) is 0 Å². The number of carbonyl (C=O) groups is 11. The van der Waals surface area contributed by atoms with Crippen LogP contribution in [-0.2, 0) is 52.7 Å². The van der Waals surface area contributed by atoms with E-state index in [-0.39, 0.29) is 13.0 Å². The van der Waals surface area contributed by atoms with Crippen LogP contribution in [-0.4, -0.2) is 183 Å². The third-order valence-corrected chi connectivity index (χ3v) is 11.7. The normalized spacial score (nSPS) is 18.2. The molecule has 1 rings (SSSR count). The first kappa shape index (κ1) is 63.0. The second-order valence-electron chi connectivity index (χ2n) is 18.9. The number of nitrogens with one attached hydrogen (secondary N) is 8. The van der Waals surface area contributed by atoms with Crippen LogP contribution < -0.4 is 59.7 Å². The van der Waals surface area contributed by atoms with E-state index in [1.165, 1.54) is 20.8 Å². The van der Waals surface area contributed by atoms with E-state index in [2.05, 4.69) is 54.0 Å². The minimum absolute atomic E-state index is 0.0557. The van der Waals surface area contributed by atoms with Gasteiger partial charge in [-0.05, 0) is 64.2 Å². The maximum atomic E-state index is 13.8. The summed E-state index contributed by atoms with van der Waals surface area (Å²) in [5, 5.41) is 59.9. The lowest BCUT2D eigenvalue weighted by molar-refractivity contribution is -0.406. The zero-order valence-electron chi connectivity index (χ0n) is 42.2. The molecule has 1 aliphatic heterocycles. The fourth-order valence-electron chi connectivity index (χ4n) is 7.38. The average molecular weight is 1020 g/mol. The number of nitrogens with zero attached hydrogens (tertiary/aromatic N) is 1. The number of hydrogen-bond donors (Lipinski definition) is 15. The Labute approximate surface area is 413 Å². The van der Waals surface area contributed by atoms with Crippen LogP contribution in [0.5, 0.6) is 0 Å². The summed E-state index contributed by atoms with van der Waals surface area (Å²) in [4.78, 5) is 145. The van der Waals surface area contributed by atoms with E-state index in [9.17, 15) is 73.2 Å². The Morgan fingerprint density at radius 1 is 0.577 bits per heavy atom. The van der Waals surface area contributed by atoms with Gasteiger partial charge in [-0.2, -0.15) is 0 Å². The molecule has 1 fully saturated rings. The van der Waals surface area contributed by atoms with E-state index in [0.29, 0.717) is 25.8 Å². The van der Waals surface area contributed by atoms with Crippen molar-refractivity contribution >= 4 is 65.0 Å². The van der Waals surface area contributed by atoms with Crippen molar-refractivity contribution < 1.29 is 84.6 Å². The highest BCUT2D eigenvalue weighted by molar-refractivity contribution is 5.99. The summed E-state index contributed by atoms with van der Waals surface area (Å²) in [5.74, 6) is -12.5. The van der Waals surface area contributed by atoms with E-state index in [0.717, 1.165) is 25.2 Å². The van der Waals surface area contributed by atoms with Crippen LogP contribution in [0, 0.1) is 17.8 Å². The molecule has 27 heteroatoms. The van der Waals surface area contributed by atoms with Crippen molar-refractivity contribution in [3.63, 3.8) is 0 Å². The van der Waals surface area contributed by atoms with Gasteiger partial charge in [0, 0.05) is 13.0 Å². The molecule has 0 aromatic heterocycles. The minimum atomic E-state index is -1.81. The van der Waals surface area contributed by atoms with Crippen LogP contribution in [0.15, 0.2) is 0 Å². The molecule has 12 atom stereocenters. The lowest BCUT2D eigenvalue weighted by Crippen LogP contribution is -2.69. The van der Waals surface area contributed by atoms with Gasteiger partial charge in [0.1, 0.15) is 54.4 Å². The van der Waals surface area contributed by atoms with Gasteiger partial charge in [-0.15, -0.1) is 0 Å². The first-order chi connectivity index (χ1) is 33.0. The summed E-state index contributed by atoms with van der Waals surface area (Å²) in [6.07, 6.45) is -1.56. The van der Waals surface area contributed by atoms with Crippen LogP contribution in [0.4, 0.5) is 0 Å². The topological polar surface area (TPSA) is 449 Å². The fourth-order valence-corrected chi connectivity index (χ4v) is 7.38. The molecular formula is C44H80N12O15+2. The number of aliphatic hydroxyl groups is 3. The number of unbranched alkanes of at least 4 members (excludes halogenated alkanes) is 1. The number of amides is 10. The van der Waals surface area contributed by atoms with Gasteiger partial charge in [-0.3, -0.25) is 47.9 Å². The molecule has 1 saturated heterocycles. The standard InChI is InChI=1S/C44H78N12O15/c1-19(2)30(38(64)49-26(17-29(47)60)43(69)56-16-12-14-28(56)44(70)71)52-39(65)32(21(5)6)53-41(67)33(23(8)58)55-42(68)34(24(9)59)54-40(66)31(20(3)4)51-35(61)22(7)48-37(63)27(18-57)50-36(62)25(46)13-10-11-15-45/h19-28,30-34,57-59H,10-18,45-46H2,1-9H3,(H2,47,60)(H,48,63)(H,49,64)(H,50,62)(H,51,61)(H,52,65)(H,53,67)(H,54,66)(H,55,68)(H,70,71)/p+2/t22-,23+,24+,25-,26-,27-,28-,30-,31-,32-,33-,34-/m0/s1. The minimum Gasteiger partial charge on any atom is -0.480 e. The first-order valence-electron chi connectivity index (χ1n) is 23.8. The Balaban J connectivity index is 3.16. The Morgan fingerprint density at radius 2 is 0.986 bits per heavy atom. The molecule has 0 spiro atoms. The molecule has 0 bridgehead atoms. The number of carbonyl (C=O) groups excluding carboxylic acids is 10. The van der Waals surface area contributed by atoms with E-state index in [1.54, 1.807) is 27.7 Å². The van der Waals surface area contributed by atoms with Crippen LogP contribution in [0.1, 0.15) is 101 Å². The van der Waals surface area contributed by atoms with Gasteiger partial charge in [0.05, 0.1) is 31.8 Å². The second kappa shape index (κ2) is 30.0. The molecule has 71 heavy (non-hydrogen) atoms. The third kappa shape index (κ3) is 19.9. The Morgan fingerprint density at radius 3 is 1.38 bits per heavy atom. The van der Waals surface area contributed by atoms with E-state index in [1.807, 2.05) is 0 Å². The SMILES string of the molecule is CC(C)[C@H](NC(=O)[C@H](C)NC(=O)[C@H](CO)NC(=O)[C@@H]([NH3+])CCCC[NH3+])C(=O)N[C@H](C(=O)N[C@H](C(=O)N[C@H](C(=O)N[C@H](C(=O)N[C@@H](CC(N)=O)C(=O)N1CCC[C@H]1C(=O)O)C(C)C)C(C)C)[C@@H](C)O)[C@@H](C)O. The lowest BCUT2D eigenvalue weighted by atomic mass is 9.98. The maximum absolute atomic E-state index is 13.8. The maximum Gasteiger partial charge on any atom is 0.326 e. The van der Waals surface area contributed by atoms with Gasteiger partial charge in [0.2, 0.25) is 53.2 Å². The number of aliphatic hydroxyl groups excluding tert-OH is 3. The number of quaternary nitrogens is 2. The largest absolute Gasteiger partial charge is 0.480 e. The predicted molar refractivity (Wildman–Crippen MR) is 251 cm³/mol. The lowest BCUT2D eigenvalue weighted by Gasteiger charge is -2.31. The highest BCUT2D eigenvalue weighted by Gasteiger charge is 2.41. The van der Waals surface area contributed by atoms with Crippen LogP contribution >= 0.6 is 0 Å². The molecular weight excluding hydrogens is 937 g/mol. The fraction of sp³-hybridized carbons (Fsp3) is 0.750. The number of nitrogens with two attached hydrogens (primary N) is 1. The zero-order chi connectivity index (χ0) is 54.6. The summed E-state index contributed by atoms with van der Waals surface area (Å²) in [7, 11) is 0. The smallest absolute Gasteiger partial charge is 0.326 e. The molecule has 0 aromatic rings. The highest BCUT2D eigenvalue weighted by atomic mass is 16.4. The average Bonchev–Trinajstić information content (AvgIpc) is 3.78. The van der Waals surface area contributed by atoms with Crippen molar-refractivity contribution in [2.45, 2.75) is 173 Å². The predicted octanol–water partition coefficient (Wildman–Crippen LogP) is -7.42. The molecule has 404 valence electrons. The quantitative estimate of drug-likeness (QED) is 0.0297. The van der Waals surface area contributed by atoms with Crippen molar-refractivity contribution in [2.75, 3.05) is 19.7 Å². The Bertz CT molecular complexity index is 1880. The summed E-state index contributed by atoms with van der Waals surface area (Å²) >= 11 is 0. The van der Waals surface area contributed by atoms with Crippen molar-refractivity contribution in [3.05, 3.63) is 0 Å². The molecule has 1 aliphatic rings. The van der Waals surface area contributed by atoms with E-state index in [4.69, 9.17) is 5.73 Å². The van der Waals surface area contributed by atoms with E-state index < -0.39 is 168 Å². The summed E-state index contributed by atoms with van der Waals surface area (Å²) < 4.78 is 0. The number of rotatable bonds is 30. The van der Waals surface area contributed by atoms with Crippen molar-refractivity contribution in [2.24, 2.45) is 23.5 Å². The molecule has 10 amide bonds. The van der Waals surface area contributed by atoms with Gasteiger partial charge in [-0.25, -0.2) is 4.79 Å². The van der Waals surface area contributed by atoms with Crippen LogP contribution in [0.25, 0.3) is 0 Å². The number of carboxylic acids is 1. The van der Waals surface area contributed by atoms with Gasteiger partial charge >= 0.3 is 5.97 Å². The number of likely N-dealkylation sites (tertiary alicyclic amines) is 1. The number of primary amides is 1. The van der Waals surface area contributed by atoms with Crippen LogP contribution in [0.2, 0.25) is 0 Å². The highest BCUT2D eigenvalue weighted by Crippen LogP contribution is 2.20. The number of aliphatic carboxylic acids is 1. The summed E-state index contributed by atoms with van der Waals surface area (Å²) in [6.45, 7) is 12.8. The van der Waals surface area contributed by atoms with Gasteiger partial charge in [0.25, 0.3) is 5.91 Å². The third-order valence-electron chi connectivity index (χ3n) is 11.7. The molecule has 0 aliphatic carbocycles. The second-order valence-corrected chi connectivity index (χ2v) is 18.9. The summed E-state index contributed by atoms with van der Waals surface area (Å²) in [6, 6.07) is -14.0. The Hall–Kier alpha value is -6.03. The van der Waals surface area contributed by atoms with Crippen molar-refractivity contribution in [1.82, 2.24) is 47.4 Å². The number of hydrogen-bond acceptors (Lipinski definition) is 14. The molecule has 20 N–H and O–H groups in total. The van der Waals surface area contributed by atoms with E-state index >= 15 is 0 Å². The summed E-state index contributed by atoms with van der Waals surface area (Å²) in [5.41, 5.74) is 12.9. The molecule has 27 nitrogen and oxygen atoms in total. The Kier molecular flexibility index (Phi) is 26.6. The molecule has 1 heterocycles. The van der Waals surface area contributed by atoms with Gasteiger partial charge in [-0.1, -0.05) is 41.5 Å².